The molecule has 0 amide bonds. The van der Waals surface area contributed by atoms with E-state index >= 15 is 0 Å². The highest BCUT2D eigenvalue weighted by molar-refractivity contribution is 7.98. The highest BCUT2D eigenvalue weighted by atomic mass is 32.2. The average molecular weight is 379 g/mol. The molecule has 4 nitrogen and oxygen atoms in total. The summed E-state index contributed by atoms with van der Waals surface area (Å²) in [7, 11) is 0. The Labute approximate surface area is 159 Å². The van der Waals surface area contributed by atoms with Crippen LogP contribution in [0.2, 0.25) is 0 Å². The Bertz CT molecular complexity index is 694. The number of nitrogens with zero attached hydrogens (tertiary/aromatic N) is 3. The number of hydrogen-bond acceptors (Lipinski definition) is 6. The monoisotopic (exact) mass is 378 g/mol. The first-order valence-corrected chi connectivity index (χ1v) is 11.6. The third-order valence-corrected chi connectivity index (χ3v) is 6.80. The number of aromatic nitrogens is 2. The summed E-state index contributed by atoms with van der Waals surface area (Å²) in [5.74, 6) is 1.07. The zero-order valence-electron chi connectivity index (χ0n) is 15.7. The van der Waals surface area contributed by atoms with Crippen molar-refractivity contribution in [2.24, 2.45) is 0 Å². The summed E-state index contributed by atoms with van der Waals surface area (Å²) in [6.45, 7) is 8.96. The number of anilines is 1. The molecule has 2 aromatic rings. The van der Waals surface area contributed by atoms with Crippen molar-refractivity contribution in [3.63, 3.8) is 0 Å². The molecule has 1 aliphatic rings. The molecule has 0 spiro atoms. The number of hydrogen-bond donors (Lipinski definition) is 1. The minimum Gasteiger partial charge on any atom is -0.369 e. The van der Waals surface area contributed by atoms with Crippen molar-refractivity contribution in [1.82, 2.24) is 14.9 Å². The predicted molar refractivity (Wildman–Crippen MR) is 111 cm³/mol. The Balaban J connectivity index is 1.70. The second-order valence-electron chi connectivity index (χ2n) is 6.61. The van der Waals surface area contributed by atoms with Gasteiger partial charge < -0.3 is 10.2 Å². The van der Waals surface area contributed by atoms with Gasteiger partial charge in [0, 0.05) is 11.4 Å². The van der Waals surface area contributed by atoms with Crippen molar-refractivity contribution in [3.05, 3.63) is 10.4 Å². The fourth-order valence-electron chi connectivity index (χ4n) is 3.56. The minimum absolute atomic E-state index is 0.886. The second-order valence-corrected chi connectivity index (χ2v) is 8.47. The number of thioether (sulfide) groups is 1. The molecule has 0 aromatic carbocycles. The molecule has 1 aliphatic carbocycles. The zero-order chi connectivity index (χ0) is 17.6. The summed E-state index contributed by atoms with van der Waals surface area (Å²) in [6, 6.07) is 0. The molecule has 138 valence electrons. The van der Waals surface area contributed by atoms with Crippen molar-refractivity contribution in [2.75, 3.05) is 37.8 Å². The maximum absolute atomic E-state index is 4.80. The summed E-state index contributed by atoms with van der Waals surface area (Å²) >= 11 is 3.52. The van der Waals surface area contributed by atoms with Crippen LogP contribution in [-0.2, 0) is 12.8 Å². The maximum Gasteiger partial charge on any atom is 0.190 e. The fraction of sp³-hybridized carbons (Fsp3) is 0.684. The summed E-state index contributed by atoms with van der Waals surface area (Å²) in [5.41, 5.74) is 1.52. The van der Waals surface area contributed by atoms with Gasteiger partial charge in [-0.15, -0.1) is 11.3 Å². The van der Waals surface area contributed by atoms with Crippen LogP contribution in [0.25, 0.3) is 10.2 Å². The Morgan fingerprint density at radius 2 is 1.92 bits per heavy atom. The highest BCUT2D eigenvalue weighted by Crippen LogP contribution is 2.39. The molecular weight excluding hydrogens is 348 g/mol. The first kappa shape index (κ1) is 18.9. The smallest absolute Gasteiger partial charge is 0.190 e. The van der Waals surface area contributed by atoms with Gasteiger partial charge >= 0.3 is 0 Å². The van der Waals surface area contributed by atoms with Gasteiger partial charge in [-0.2, -0.15) is 0 Å². The number of unbranched alkanes of at least 4 members (excludes halogenated alkanes) is 1. The molecule has 0 saturated heterocycles. The average Bonchev–Trinajstić information content (AvgIpc) is 3.03. The summed E-state index contributed by atoms with van der Waals surface area (Å²) in [5, 5.41) is 5.82. The second kappa shape index (κ2) is 9.19. The van der Waals surface area contributed by atoms with Gasteiger partial charge in [-0.05, 0) is 70.0 Å². The van der Waals surface area contributed by atoms with Crippen molar-refractivity contribution < 1.29 is 0 Å². The van der Waals surface area contributed by atoms with Gasteiger partial charge in [0.1, 0.15) is 10.6 Å². The van der Waals surface area contributed by atoms with E-state index in [1.54, 1.807) is 16.6 Å². The lowest BCUT2D eigenvalue weighted by Gasteiger charge is -2.17. The molecule has 3 rings (SSSR count). The number of thiophene rings is 1. The van der Waals surface area contributed by atoms with Gasteiger partial charge in [0.25, 0.3) is 0 Å². The summed E-state index contributed by atoms with van der Waals surface area (Å²) in [6.07, 6.45) is 9.50. The van der Waals surface area contributed by atoms with Gasteiger partial charge in [0.05, 0.1) is 5.39 Å². The SMILES string of the molecule is CCN(CC)CCCCNc1nc(SC)nc2sc3c(c12)CCCC3. The van der Waals surface area contributed by atoms with E-state index in [4.69, 9.17) is 9.97 Å². The first-order valence-electron chi connectivity index (χ1n) is 9.59. The maximum atomic E-state index is 4.80. The molecule has 0 atom stereocenters. The topological polar surface area (TPSA) is 41.0 Å². The molecule has 25 heavy (non-hydrogen) atoms. The van der Waals surface area contributed by atoms with E-state index in [1.807, 2.05) is 11.3 Å². The predicted octanol–water partition coefficient (Wildman–Crippen LogP) is 4.83. The van der Waals surface area contributed by atoms with E-state index in [0.717, 1.165) is 30.6 Å². The normalized spacial score (nSPS) is 14.2. The molecular formula is C19H30N4S2. The van der Waals surface area contributed by atoms with E-state index in [-0.39, 0.29) is 0 Å². The van der Waals surface area contributed by atoms with Gasteiger partial charge in [0.15, 0.2) is 5.16 Å². The van der Waals surface area contributed by atoms with Crippen LogP contribution in [0, 0.1) is 0 Å². The van der Waals surface area contributed by atoms with Crippen LogP contribution >= 0.6 is 23.1 Å². The Morgan fingerprint density at radius 3 is 2.68 bits per heavy atom. The molecule has 2 heterocycles. The lowest BCUT2D eigenvalue weighted by molar-refractivity contribution is 0.298. The standard InChI is InChI=1S/C19H30N4S2/c1-4-23(5-2)13-9-8-12-20-17-16-14-10-6-7-11-15(14)25-18(16)22-19(21-17)24-3/h4-13H2,1-3H3,(H,20,21,22). The Kier molecular flexibility index (Phi) is 6.96. The number of nitrogens with one attached hydrogen (secondary N) is 1. The van der Waals surface area contributed by atoms with Crippen LogP contribution in [0.3, 0.4) is 0 Å². The molecule has 2 aromatic heterocycles. The molecule has 0 saturated carbocycles. The highest BCUT2D eigenvalue weighted by Gasteiger charge is 2.20. The van der Waals surface area contributed by atoms with Crippen LogP contribution in [0.5, 0.6) is 0 Å². The lowest BCUT2D eigenvalue weighted by atomic mass is 9.97. The number of rotatable bonds is 9. The van der Waals surface area contributed by atoms with E-state index in [9.17, 15) is 0 Å². The Hall–Kier alpha value is -0.850. The molecule has 6 heteroatoms. The molecule has 0 fully saturated rings. The molecule has 0 aliphatic heterocycles. The van der Waals surface area contributed by atoms with Gasteiger partial charge in [0.2, 0.25) is 0 Å². The van der Waals surface area contributed by atoms with Crippen molar-refractivity contribution >= 4 is 39.1 Å². The van der Waals surface area contributed by atoms with Crippen molar-refractivity contribution in [1.29, 1.82) is 0 Å². The van der Waals surface area contributed by atoms with Crippen LogP contribution in [0.1, 0.15) is 50.0 Å². The zero-order valence-corrected chi connectivity index (χ0v) is 17.4. The van der Waals surface area contributed by atoms with E-state index in [0.29, 0.717) is 0 Å². The molecule has 0 unspecified atom stereocenters. The van der Waals surface area contributed by atoms with Gasteiger partial charge in [-0.25, -0.2) is 9.97 Å². The summed E-state index contributed by atoms with van der Waals surface area (Å²) in [4.78, 5) is 14.8. The number of fused-ring (bicyclic) bond motifs is 3. The van der Waals surface area contributed by atoms with Crippen LogP contribution < -0.4 is 5.32 Å². The van der Waals surface area contributed by atoms with Crippen LogP contribution in [-0.4, -0.2) is 47.3 Å². The van der Waals surface area contributed by atoms with E-state index in [2.05, 4.69) is 30.3 Å². The van der Waals surface area contributed by atoms with E-state index < -0.39 is 0 Å². The van der Waals surface area contributed by atoms with E-state index in [1.165, 1.54) is 60.8 Å². The first-order chi connectivity index (χ1) is 12.3. The van der Waals surface area contributed by atoms with Crippen molar-refractivity contribution in [3.8, 4) is 0 Å². The Morgan fingerprint density at radius 1 is 1.12 bits per heavy atom. The minimum atomic E-state index is 0.886. The van der Waals surface area contributed by atoms with Gasteiger partial charge in [-0.1, -0.05) is 25.6 Å². The quantitative estimate of drug-likeness (QED) is 0.385. The summed E-state index contributed by atoms with van der Waals surface area (Å²) < 4.78 is 0. The lowest BCUT2D eigenvalue weighted by Crippen LogP contribution is -2.24. The van der Waals surface area contributed by atoms with Crippen LogP contribution in [0.15, 0.2) is 5.16 Å². The molecule has 0 bridgehead atoms. The molecule has 1 N–H and O–H groups in total. The third-order valence-electron chi connectivity index (χ3n) is 5.06. The largest absolute Gasteiger partial charge is 0.369 e. The molecule has 0 radical (unpaired) electrons. The van der Waals surface area contributed by atoms with Crippen molar-refractivity contribution in [2.45, 2.75) is 57.5 Å². The van der Waals surface area contributed by atoms with Crippen LogP contribution in [0.4, 0.5) is 5.82 Å². The van der Waals surface area contributed by atoms with Gasteiger partial charge in [-0.3, -0.25) is 0 Å². The fourth-order valence-corrected chi connectivity index (χ4v) is 5.25. The third kappa shape index (κ3) is 4.47. The number of aryl methyl sites for hydroxylation is 2.